The number of para-hydroxylation sites is 1. The zero-order valence-electron chi connectivity index (χ0n) is 10.8. The number of benzene rings is 1. The maximum Gasteiger partial charge on any atom is 0.308 e. The van der Waals surface area contributed by atoms with Gasteiger partial charge in [0.1, 0.15) is 5.75 Å². The quantitative estimate of drug-likeness (QED) is 0.835. The monoisotopic (exact) mass is 248 g/mol. The third-order valence-electron chi connectivity index (χ3n) is 3.72. The number of phenols is 1. The van der Waals surface area contributed by atoms with E-state index in [4.69, 9.17) is 4.74 Å². The molecule has 1 aliphatic carbocycles. The molecule has 0 bridgehead atoms. The second-order valence-electron chi connectivity index (χ2n) is 4.86. The fourth-order valence-corrected chi connectivity index (χ4v) is 2.73. The van der Waals surface area contributed by atoms with Crippen molar-refractivity contribution in [3.8, 4) is 5.75 Å². The van der Waals surface area contributed by atoms with Gasteiger partial charge in [0.2, 0.25) is 0 Å². The molecule has 1 aliphatic rings. The third kappa shape index (κ3) is 2.84. The SMILES string of the molecule is CCOC(=O)C1CCC(c2ccccc2O)CC1. The summed E-state index contributed by atoms with van der Waals surface area (Å²) >= 11 is 0. The molecule has 0 saturated heterocycles. The van der Waals surface area contributed by atoms with E-state index in [0.29, 0.717) is 18.3 Å². The Hall–Kier alpha value is -1.51. The van der Waals surface area contributed by atoms with Crippen LogP contribution in [0, 0.1) is 5.92 Å². The molecule has 1 fully saturated rings. The number of rotatable bonds is 3. The first-order valence-electron chi connectivity index (χ1n) is 6.67. The first-order chi connectivity index (χ1) is 8.72. The van der Waals surface area contributed by atoms with E-state index in [1.165, 1.54) is 0 Å². The standard InChI is InChI=1S/C15H20O3/c1-2-18-15(17)12-9-7-11(8-10-12)13-5-3-4-6-14(13)16/h3-6,11-12,16H,2,7-10H2,1H3. The number of hydrogen-bond donors (Lipinski definition) is 1. The van der Waals surface area contributed by atoms with E-state index in [2.05, 4.69) is 0 Å². The highest BCUT2D eigenvalue weighted by molar-refractivity contribution is 5.72. The van der Waals surface area contributed by atoms with E-state index in [9.17, 15) is 9.90 Å². The minimum atomic E-state index is -0.0618. The molecule has 18 heavy (non-hydrogen) atoms. The van der Waals surface area contributed by atoms with Crippen molar-refractivity contribution in [1.82, 2.24) is 0 Å². The second-order valence-corrected chi connectivity index (χ2v) is 4.86. The summed E-state index contributed by atoms with van der Waals surface area (Å²) in [6.45, 7) is 2.30. The van der Waals surface area contributed by atoms with Crippen molar-refractivity contribution >= 4 is 5.97 Å². The Balaban J connectivity index is 1.95. The summed E-state index contributed by atoms with van der Waals surface area (Å²) in [5.41, 5.74) is 1.01. The Kier molecular flexibility index (Phi) is 4.24. The van der Waals surface area contributed by atoms with Gasteiger partial charge in [0.25, 0.3) is 0 Å². The number of hydrogen-bond acceptors (Lipinski definition) is 3. The van der Waals surface area contributed by atoms with Gasteiger partial charge >= 0.3 is 5.97 Å². The van der Waals surface area contributed by atoms with Crippen LogP contribution in [0.15, 0.2) is 24.3 Å². The van der Waals surface area contributed by atoms with Gasteiger partial charge in [0.05, 0.1) is 12.5 Å². The summed E-state index contributed by atoms with van der Waals surface area (Å²) in [4.78, 5) is 11.6. The topological polar surface area (TPSA) is 46.5 Å². The van der Waals surface area contributed by atoms with Crippen LogP contribution < -0.4 is 0 Å². The largest absolute Gasteiger partial charge is 0.508 e. The Morgan fingerprint density at radius 3 is 2.56 bits per heavy atom. The molecule has 1 aromatic rings. The van der Waals surface area contributed by atoms with Gasteiger partial charge in [-0.2, -0.15) is 0 Å². The van der Waals surface area contributed by atoms with Gasteiger partial charge in [0.15, 0.2) is 0 Å². The van der Waals surface area contributed by atoms with Gasteiger partial charge in [-0.3, -0.25) is 4.79 Å². The summed E-state index contributed by atoms with van der Waals surface area (Å²) in [6, 6.07) is 7.49. The molecule has 0 heterocycles. The van der Waals surface area contributed by atoms with Crippen LogP contribution in [0.5, 0.6) is 5.75 Å². The second kappa shape index (κ2) is 5.89. The van der Waals surface area contributed by atoms with Crippen LogP contribution in [-0.2, 0) is 9.53 Å². The summed E-state index contributed by atoms with van der Waals surface area (Å²) in [5.74, 6) is 0.731. The van der Waals surface area contributed by atoms with Gasteiger partial charge in [-0.25, -0.2) is 0 Å². The summed E-state index contributed by atoms with van der Waals surface area (Å²) in [7, 11) is 0. The molecule has 98 valence electrons. The maximum atomic E-state index is 11.6. The van der Waals surface area contributed by atoms with Crippen LogP contribution in [0.1, 0.15) is 44.1 Å². The van der Waals surface area contributed by atoms with Crippen molar-refractivity contribution in [2.24, 2.45) is 5.92 Å². The lowest BCUT2D eigenvalue weighted by atomic mass is 9.78. The highest BCUT2D eigenvalue weighted by atomic mass is 16.5. The van der Waals surface area contributed by atoms with E-state index in [1.807, 2.05) is 25.1 Å². The number of ether oxygens (including phenoxy) is 1. The zero-order valence-corrected chi connectivity index (χ0v) is 10.8. The van der Waals surface area contributed by atoms with Gasteiger partial charge in [0, 0.05) is 0 Å². The molecule has 1 aromatic carbocycles. The van der Waals surface area contributed by atoms with Crippen LogP contribution in [-0.4, -0.2) is 17.7 Å². The normalized spacial score (nSPS) is 23.6. The van der Waals surface area contributed by atoms with Crippen LogP contribution in [0.3, 0.4) is 0 Å². The average Bonchev–Trinajstić information content (AvgIpc) is 2.40. The van der Waals surface area contributed by atoms with Crippen molar-refractivity contribution in [3.05, 3.63) is 29.8 Å². The predicted octanol–water partition coefficient (Wildman–Crippen LogP) is 3.23. The highest BCUT2D eigenvalue weighted by Crippen LogP contribution is 2.39. The van der Waals surface area contributed by atoms with Crippen LogP contribution in [0.4, 0.5) is 0 Å². The molecule has 0 radical (unpaired) electrons. The van der Waals surface area contributed by atoms with E-state index >= 15 is 0 Å². The molecule has 0 unspecified atom stereocenters. The maximum absolute atomic E-state index is 11.6. The fourth-order valence-electron chi connectivity index (χ4n) is 2.73. The highest BCUT2D eigenvalue weighted by Gasteiger charge is 2.28. The molecule has 2 rings (SSSR count). The number of phenolic OH excluding ortho intramolecular Hbond substituents is 1. The molecule has 1 N–H and O–H groups in total. The van der Waals surface area contributed by atoms with Crippen LogP contribution in [0.2, 0.25) is 0 Å². The van der Waals surface area contributed by atoms with Gasteiger partial charge in [-0.1, -0.05) is 18.2 Å². The summed E-state index contributed by atoms with van der Waals surface area (Å²) in [6.07, 6.45) is 3.61. The lowest BCUT2D eigenvalue weighted by Gasteiger charge is -2.27. The third-order valence-corrected chi connectivity index (χ3v) is 3.72. The Morgan fingerprint density at radius 2 is 1.94 bits per heavy atom. The number of esters is 1. The van der Waals surface area contributed by atoms with E-state index in [-0.39, 0.29) is 11.9 Å². The van der Waals surface area contributed by atoms with E-state index < -0.39 is 0 Å². The number of carbonyl (C=O) groups is 1. The smallest absolute Gasteiger partial charge is 0.308 e. The molecule has 0 aromatic heterocycles. The first-order valence-corrected chi connectivity index (χ1v) is 6.67. The molecular weight excluding hydrogens is 228 g/mol. The summed E-state index contributed by atoms with van der Waals surface area (Å²) in [5, 5.41) is 9.83. The van der Waals surface area contributed by atoms with Crippen molar-refractivity contribution in [2.75, 3.05) is 6.61 Å². The fraction of sp³-hybridized carbons (Fsp3) is 0.533. The lowest BCUT2D eigenvalue weighted by Crippen LogP contribution is -2.23. The van der Waals surface area contributed by atoms with Crippen LogP contribution >= 0.6 is 0 Å². The lowest BCUT2D eigenvalue weighted by molar-refractivity contribution is -0.149. The van der Waals surface area contributed by atoms with Crippen molar-refractivity contribution < 1.29 is 14.6 Å². The van der Waals surface area contributed by atoms with E-state index in [1.54, 1.807) is 6.07 Å². The molecule has 0 amide bonds. The minimum Gasteiger partial charge on any atom is -0.508 e. The molecule has 3 heteroatoms. The average molecular weight is 248 g/mol. The van der Waals surface area contributed by atoms with Gasteiger partial charge in [-0.05, 0) is 50.2 Å². The Labute approximate surface area is 108 Å². The Morgan fingerprint density at radius 1 is 1.28 bits per heavy atom. The molecular formula is C15H20O3. The molecule has 0 spiro atoms. The minimum absolute atomic E-state index is 0.0482. The summed E-state index contributed by atoms with van der Waals surface area (Å²) < 4.78 is 5.06. The predicted molar refractivity (Wildman–Crippen MR) is 69.4 cm³/mol. The number of carbonyl (C=O) groups excluding carboxylic acids is 1. The van der Waals surface area contributed by atoms with Crippen molar-refractivity contribution in [2.45, 2.75) is 38.5 Å². The van der Waals surface area contributed by atoms with Crippen LogP contribution in [0.25, 0.3) is 0 Å². The van der Waals surface area contributed by atoms with Crippen molar-refractivity contribution in [1.29, 1.82) is 0 Å². The van der Waals surface area contributed by atoms with Crippen molar-refractivity contribution in [3.63, 3.8) is 0 Å². The van der Waals surface area contributed by atoms with E-state index in [0.717, 1.165) is 31.2 Å². The van der Waals surface area contributed by atoms with Gasteiger partial charge in [-0.15, -0.1) is 0 Å². The molecule has 0 aliphatic heterocycles. The first kappa shape index (κ1) is 12.9. The Bertz CT molecular complexity index is 406. The number of aromatic hydroxyl groups is 1. The molecule has 3 nitrogen and oxygen atoms in total. The zero-order chi connectivity index (χ0) is 13.0. The molecule has 0 atom stereocenters. The van der Waals surface area contributed by atoms with Gasteiger partial charge < -0.3 is 9.84 Å². The molecule has 1 saturated carbocycles.